The Morgan fingerprint density at radius 2 is 1.57 bits per heavy atom. The summed E-state index contributed by atoms with van der Waals surface area (Å²) >= 11 is 0. The van der Waals surface area contributed by atoms with Crippen molar-refractivity contribution in [1.82, 2.24) is 10.0 Å². The number of nitrogens with one attached hydrogen (secondary N) is 2. The van der Waals surface area contributed by atoms with Gasteiger partial charge in [-0.05, 0) is 47.5 Å². The van der Waals surface area contributed by atoms with Crippen LogP contribution >= 0.6 is 0 Å². The van der Waals surface area contributed by atoms with Crippen LogP contribution in [0.2, 0.25) is 0 Å². The maximum Gasteiger partial charge on any atom is 0.251 e. The molecule has 0 radical (unpaired) electrons. The first-order chi connectivity index (χ1) is 14.4. The van der Waals surface area contributed by atoms with Crippen LogP contribution in [0.25, 0.3) is 0 Å². The lowest BCUT2D eigenvalue weighted by Gasteiger charge is -2.17. The van der Waals surface area contributed by atoms with Crippen molar-refractivity contribution in [3.05, 3.63) is 101 Å². The number of rotatable bonds is 8. The molecule has 1 amide bonds. The van der Waals surface area contributed by atoms with E-state index >= 15 is 0 Å². The van der Waals surface area contributed by atoms with Crippen molar-refractivity contribution in [2.45, 2.75) is 17.5 Å². The Morgan fingerprint density at radius 1 is 0.933 bits per heavy atom. The molecular weight excluding hydrogens is 407 g/mol. The molecule has 0 bridgehead atoms. The molecule has 1 atom stereocenters. The summed E-state index contributed by atoms with van der Waals surface area (Å²) in [6.07, 6.45) is 0. The van der Waals surface area contributed by atoms with Gasteiger partial charge in [0, 0.05) is 12.1 Å². The average Bonchev–Trinajstić information content (AvgIpc) is 2.77. The van der Waals surface area contributed by atoms with E-state index in [9.17, 15) is 22.7 Å². The molecule has 6 nitrogen and oxygen atoms in total. The number of halogens is 1. The van der Waals surface area contributed by atoms with E-state index in [4.69, 9.17) is 0 Å². The second kappa shape index (κ2) is 9.62. The third-order valence-electron chi connectivity index (χ3n) is 4.50. The lowest BCUT2D eigenvalue weighted by atomic mass is 10.1. The first-order valence-corrected chi connectivity index (χ1v) is 10.7. The first kappa shape index (κ1) is 21.6. The number of amides is 1. The van der Waals surface area contributed by atoms with E-state index in [-0.39, 0.29) is 24.0 Å². The van der Waals surface area contributed by atoms with Crippen molar-refractivity contribution < 1.29 is 22.7 Å². The second-order valence-corrected chi connectivity index (χ2v) is 8.36. The van der Waals surface area contributed by atoms with Crippen molar-refractivity contribution >= 4 is 15.9 Å². The molecule has 3 rings (SSSR count). The predicted octanol–water partition coefficient (Wildman–Crippen LogP) is 2.77. The van der Waals surface area contributed by atoms with Gasteiger partial charge >= 0.3 is 0 Å². The van der Waals surface area contributed by atoms with Gasteiger partial charge in [0.1, 0.15) is 5.82 Å². The summed E-state index contributed by atoms with van der Waals surface area (Å²) in [7, 11) is -3.78. The van der Waals surface area contributed by atoms with Gasteiger partial charge in [-0.15, -0.1) is 0 Å². The monoisotopic (exact) mass is 428 g/mol. The Labute approximate surface area is 174 Å². The van der Waals surface area contributed by atoms with E-state index in [0.717, 1.165) is 17.7 Å². The number of benzene rings is 3. The molecule has 0 aliphatic rings. The highest BCUT2D eigenvalue weighted by molar-refractivity contribution is 7.89. The molecule has 0 saturated carbocycles. The van der Waals surface area contributed by atoms with Crippen LogP contribution in [0.5, 0.6) is 0 Å². The minimum Gasteiger partial charge on any atom is -0.394 e. The maximum atomic E-state index is 13.0. The van der Waals surface area contributed by atoms with Crippen LogP contribution in [0.3, 0.4) is 0 Å². The largest absolute Gasteiger partial charge is 0.394 e. The molecule has 0 aliphatic heterocycles. The first-order valence-electron chi connectivity index (χ1n) is 9.20. The summed E-state index contributed by atoms with van der Waals surface area (Å²) in [5.41, 5.74) is 1.83. The van der Waals surface area contributed by atoms with Crippen LogP contribution in [-0.4, -0.2) is 26.0 Å². The lowest BCUT2D eigenvalue weighted by molar-refractivity contribution is 0.0916. The highest BCUT2D eigenvalue weighted by Crippen LogP contribution is 2.14. The Balaban J connectivity index is 1.61. The number of hydrogen-bond donors (Lipinski definition) is 3. The molecule has 30 heavy (non-hydrogen) atoms. The maximum absolute atomic E-state index is 13.0. The number of sulfonamides is 1. The van der Waals surface area contributed by atoms with Crippen LogP contribution in [0.1, 0.15) is 27.5 Å². The summed E-state index contributed by atoms with van der Waals surface area (Å²) in [6, 6.07) is 19.6. The quantitative estimate of drug-likeness (QED) is 0.514. The molecule has 0 spiro atoms. The summed E-state index contributed by atoms with van der Waals surface area (Å²) in [4.78, 5) is 12.4. The van der Waals surface area contributed by atoms with Crippen molar-refractivity contribution in [3.63, 3.8) is 0 Å². The highest BCUT2D eigenvalue weighted by Gasteiger charge is 2.16. The van der Waals surface area contributed by atoms with Gasteiger partial charge in [0.15, 0.2) is 0 Å². The highest BCUT2D eigenvalue weighted by atomic mass is 32.2. The second-order valence-electron chi connectivity index (χ2n) is 6.59. The third-order valence-corrected chi connectivity index (χ3v) is 5.91. The topological polar surface area (TPSA) is 95.5 Å². The molecule has 1 unspecified atom stereocenters. The predicted molar refractivity (Wildman–Crippen MR) is 111 cm³/mol. The molecule has 156 valence electrons. The molecule has 0 fully saturated rings. The normalized spacial score (nSPS) is 12.3. The molecule has 3 aromatic rings. The smallest absolute Gasteiger partial charge is 0.251 e. The molecule has 0 aromatic heterocycles. The van der Waals surface area contributed by atoms with Gasteiger partial charge < -0.3 is 10.4 Å². The van der Waals surface area contributed by atoms with E-state index in [1.165, 1.54) is 12.1 Å². The van der Waals surface area contributed by atoms with Gasteiger partial charge in [-0.1, -0.05) is 42.5 Å². The van der Waals surface area contributed by atoms with Crippen LogP contribution in [0.4, 0.5) is 4.39 Å². The lowest BCUT2D eigenvalue weighted by Crippen LogP contribution is -2.30. The third kappa shape index (κ3) is 5.50. The van der Waals surface area contributed by atoms with Crippen LogP contribution < -0.4 is 10.0 Å². The van der Waals surface area contributed by atoms with Gasteiger partial charge in [0.05, 0.1) is 17.5 Å². The Bertz CT molecular complexity index is 1090. The summed E-state index contributed by atoms with van der Waals surface area (Å²) < 4.78 is 39.9. The molecule has 0 saturated heterocycles. The van der Waals surface area contributed by atoms with Gasteiger partial charge in [0.2, 0.25) is 10.0 Å². The number of aliphatic hydroxyl groups excluding tert-OH is 1. The summed E-state index contributed by atoms with van der Waals surface area (Å²) in [5.74, 6) is -0.866. The van der Waals surface area contributed by atoms with Crippen LogP contribution in [0.15, 0.2) is 83.8 Å². The zero-order chi connectivity index (χ0) is 21.6. The molecular formula is C22H21FN2O4S. The number of carbonyl (C=O) groups is 1. The fraction of sp³-hybridized carbons (Fsp3) is 0.136. The summed E-state index contributed by atoms with van der Waals surface area (Å²) in [5, 5.41) is 12.3. The Kier molecular flexibility index (Phi) is 6.94. The Morgan fingerprint density at radius 3 is 2.17 bits per heavy atom. The van der Waals surface area contributed by atoms with Crippen molar-refractivity contribution in [1.29, 1.82) is 0 Å². The number of aliphatic hydroxyl groups is 1. The molecule has 3 aromatic carbocycles. The minimum absolute atomic E-state index is 0.0187. The number of carbonyl (C=O) groups excluding carboxylic acids is 1. The molecule has 0 heterocycles. The Hall–Kier alpha value is -3.07. The molecule has 0 aliphatic carbocycles. The average molecular weight is 428 g/mol. The van der Waals surface area contributed by atoms with E-state index in [2.05, 4.69) is 10.0 Å². The van der Waals surface area contributed by atoms with Crippen molar-refractivity contribution in [2.24, 2.45) is 0 Å². The molecule has 8 heteroatoms. The van der Waals surface area contributed by atoms with Crippen molar-refractivity contribution in [2.75, 3.05) is 6.61 Å². The zero-order valence-corrected chi connectivity index (χ0v) is 16.8. The van der Waals surface area contributed by atoms with Gasteiger partial charge in [-0.25, -0.2) is 17.5 Å². The van der Waals surface area contributed by atoms with Crippen LogP contribution in [0, 0.1) is 5.82 Å². The van der Waals surface area contributed by atoms with Gasteiger partial charge in [-0.3, -0.25) is 4.79 Å². The fourth-order valence-electron chi connectivity index (χ4n) is 2.81. The van der Waals surface area contributed by atoms with E-state index in [1.807, 2.05) is 30.3 Å². The molecule has 3 N–H and O–H groups in total. The van der Waals surface area contributed by atoms with E-state index in [0.29, 0.717) is 11.1 Å². The van der Waals surface area contributed by atoms with Crippen molar-refractivity contribution in [3.8, 4) is 0 Å². The summed E-state index contributed by atoms with van der Waals surface area (Å²) in [6.45, 7) is -0.218. The standard InChI is InChI=1S/C22H21FN2O4S/c23-19-10-12-20(13-11-19)30(28,29)24-14-16-6-8-18(9-7-16)22(27)25-21(15-26)17-4-2-1-3-5-17/h1-13,21,24,26H,14-15H2,(H,25,27). The van der Waals surface area contributed by atoms with Gasteiger partial charge in [0.25, 0.3) is 5.91 Å². The minimum atomic E-state index is -3.78. The van der Waals surface area contributed by atoms with E-state index in [1.54, 1.807) is 24.3 Å². The SMILES string of the molecule is O=C(NC(CO)c1ccccc1)c1ccc(CNS(=O)(=O)c2ccc(F)cc2)cc1. The fourth-order valence-corrected chi connectivity index (χ4v) is 3.83. The number of hydrogen-bond acceptors (Lipinski definition) is 4. The van der Waals surface area contributed by atoms with Gasteiger partial charge in [-0.2, -0.15) is 0 Å². The van der Waals surface area contributed by atoms with E-state index < -0.39 is 21.9 Å². The zero-order valence-electron chi connectivity index (χ0n) is 16.0. The van der Waals surface area contributed by atoms with Crippen LogP contribution in [-0.2, 0) is 16.6 Å².